The third kappa shape index (κ3) is 4.11. The molecule has 150 valence electrons. The Morgan fingerprint density at radius 1 is 1.24 bits per heavy atom. The first-order chi connectivity index (χ1) is 14.0. The third-order valence-electron chi connectivity index (χ3n) is 5.05. The van der Waals surface area contributed by atoms with Crippen molar-refractivity contribution in [1.82, 2.24) is 20.1 Å². The van der Waals surface area contributed by atoms with Crippen molar-refractivity contribution < 1.29 is 4.74 Å². The van der Waals surface area contributed by atoms with Crippen LogP contribution < -0.4 is 10.1 Å². The van der Waals surface area contributed by atoms with Gasteiger partial charge in [0.15, 0.2) is 5.82 Å². The van der Waals surface area contributed by atoms with Gasteiger partial charge in [-0.15, -0.1) is 0 Å². The molecule has 1 aromatic carbocycles. The number of hydrogen-bond acceptors (Lipinski definition) is 5. The largest absolute Gasteiger partial charge is 0.475 e. The van der Waals surface area contributed by atoms with E-state index in [2.05, 4.69) is 56.2 Å². The highest BCUT2D eigenvalue weighted by atomic mass is 16.5. The van der Waals surface area contributed by atoms with Crippen molar-refractivity contribution in [3.8, 4) is 17.0 Å². The summed E-state index contributed by atoms with van der Waals surface area (Å²) in [5, 5.41) is 11.1. The van der Waals surface area contributed by atoms with Crippen molar-refractivity contribution in [2.24, 2.45) is 0 Å². The Labute approximate surface area is 171 Å². The second-order valence-corrected chi connectivity index (χ2v) is 7.66. The molecule has 0 fully saturated rings. The fourth-order valence-corrected chi connectivity index (χ4v) is 3.52. The maximum absolute atomic E-state index is 5.85. The van der Waals surface area contributed by atoms with Crippen LogP contribution in [-0.2, 0) is 13.0 Å². The monoisotopic (exact) mass is 389 g/mol. The number of ether oxygens (including phenoxy) is 1. The van der Waals surface area contributed by atoms with Gasteiger partial charge < -0.3 is 15.0 Å². The van der Waals surface area contributed by atoms with Crippen LogP contribution in [0.3, 0.4) is 0 Å². The van der Waals surface area contributed by atoms with Gasteiger partial charge in [0.05, 0.1) is 6.10 Å². The van der Waals surface area contributed by atoms with Crippen LogP contribution in [0.25, 0.3) is 11.1 Å². The highest BCUT2D eigenvalue weighted by Gasteiger charge is 2.21. The second-order valence-electron chi connectivity index (χ2n) is 7.66. The lowest BCUT2D eigenvalue weighted by Gasteiger charge is -2.29. The van der Waals surface area contributed by atoms with Gasteiger partial charge in [0, 0.05) is 53.9 Å². The molecular weight excluding hydrogens is 362 g/mol. The van der Waals surface area contributed by atoms with Gasteiger partial charge in [-0.3, -0.25) is 5.10 Å². The highest BCUT2D eigenvalue weighted by molar-refractivity contribution is 5.71. The molecule has 0 aliphatic carbocycles. The zero-order chi connectivity index (χ0) is 20.4. The number of hydrogen-bond donors (Lipinski definition) is 2. The minimum absolute atomic E-state index is 0.0780. The summed E-state index contributed by atoms with van der Waals surface area (Å²) in [6.45, 7) is 11.9. The van der Waals surface area contributed by atoms with Gasteiger partial charge in [0.1, 0.15) is 0 Å². The van der Waals surface area contributed by atoms with E-state index in [9.17, 15) is 0 Å². The summed E-state index contributed by atoms with van der Waals surface area (Å²) in [7, 11) is 0. The lowest BCUT2D eigenvalue weighted by molar-refractivity contribution is 0.234. The van der Waals surface area contributed by atoms with Gasteiger partial charge >= 0.3 is 0 Å². The van der Waals surface area contributed by atoms with E-state index in [1.54, 1.807) is 6.20 Å². The van der Waals surface area contributed by atoms with Gasteiger partial charge in [0.25, 0.3) is 0 Å². The molecular formula is C23H27N5O. The second kappa shape index (κ2) is 7.99. The van der Waals surface area contributed by atoms with Crippen LogP contribution >= 0.6 is 0 Å². The molecule has 1 aliphatic heterocycles. The maximum Gasteiger partial charge on any atom is 0.221 e. The number of rotatable bonds is 6. The van der Waals surface area contributed by atoms with Crippen LogP contribution in [-0.4, -0.2) is 32.7 Å². The zero-order valence-electron chi connectivity index (χ0n) is 17.2. The van der Waals surface area contributed by atoms with E-state index in [1.165, 1.54) is 11.3 Å². The van der Waals surface area contributed by atoms with Crippen LogP contribution in [0.15, 0.2) is 54.9 Å². The van der Waals surface area contributed by atoms with Gasteiger partial charge in [-0.1, -0.05) is 18.7 Å². The number of fused-ring (bicyclic) bond motifs is 1. The summed E-state index contributed by atoms with van der Waals surface area (Å²) in [4.78, 5) is 6.67. The first kappa shape index (κ1) is 19.1. The molecule has 0 atom stereocenters. The number of nitrogens with one attached hydrogen (secondary N) is 2. The van der Waals surface area contributed by atoms with Gasteiger partial charge in [-0.2, -0.15) is 5.10 Å². The number of anilines is 2. The Morgan fingerprint density at radius 2 is 2.03 bits per heavy atom. The Kier molecular flexibility index (Phi) is 5.25. The highest BCUT2D eigenvalue weighted by Crippen LogP contribution is 2.31. The molecule has 0 bridgehead atoms. The molecule has 29 heavy (non-hydrogen) atoms. The van der Waals surface area contributed by atoms with E-state index in [1.807, 2.05) is 32.9 Å². The normalized spacial score (nSPS) is 13.3. The molecule has 2 N–H and O–H groups in total. The molecule has 2 aromatic heterocycles. The van der Waals surface area contributed by atoms with Crippen molar-refractivity contribution >= 4 is 11.5 Å². The average molecular weight is 390 g/mol. The number of aromatic amines is 1. The van der Waals surface area contributed by atoms with Crippen molar-refractivity contribution in [2.75, 3.05) is 11.9 Å². The van der Waals surface area contributed by atoms with E-state index < -0.39 is 0 Å². The molecule has 0 saturated carbocycles. The van der Waals surface area contributed by atoms with Crippen LogP contribution in [0.1, 0.15) is 32.0 Å². The summed E-state index contributed by atoms with van der Waals surface area (Å²) < 4.78 is 5.85. The predicted molar refractivity (Wildman–Crippen MR) is 116 cm³/mol. The topological polar surface area (TPSA) is 66.1 Å². The summed E-state index contributed by atoms with van der Waals surface area (Å²) in [6.07, 6.45) is 2.79. The molecule has 0 amide bonds. The van der Waals surface area contributed by atoms with Crippen LogP contribution in [0.4, 0.5) is 11.5 Å². The van der Waals surface area contributed by atoms with E-state index in [4.69, 9.17) is 4.74 Å². The van der Waals surface area contributed by atoms with Crippen molar-refractivity contribution in [3.05, 3.63) is 66.1 Å². The quantitative estimate of drug-likeness (QED) is 0.628. The van der Waals surface area contributed by atoms with Crippen LogP contribution in [0.5, 0.6) is 5.88 Å². The fourth-order valence-electron chi connectivity index (χ4n) is 3.52. The van der Waals surface area contributed by atoms with E-state index in [0.29, 0.717) is 5.88 Å². The number of H-pyrrole nitrogens is 1. The number of allylic oxidation sites excluding steroid dienone is 1. The third-order valence-corrected chi connectivity index (χ3v) is 5.05. The van der Waals surface area contributed by atoms with Crippen molar-refractivity contribution in [2.45, 2.75) is 39.8 Å². The van der Waals surface area contributed by atoms with E-state index >= 15 is 0 Å². The van der Waals surface area contributed by atoms with Gasteiger partial charge in [0.2, 0.25) is 5.88 Å². The van der Waals surface area contributed by atoms with E-state index in [-0.39, 0.29) is 6.10 Å². The SMILES string of the molecule is C=C(C)N1CCc2[nH]nc(Nc3ccc(-c4cccnc4OC(C)C)cc3)c2C1. The summed E-state index contributed by atoms with van der Waals surface area (Å²) in [5.41, 5.74) is 6.54. The van der Waals surface area contributed by atoms with Gasteiger partial charge in [-0.25, -0.2) is 4.98 Å². The Hall–Kier alpha value is -3.28. The molecule has 4 rings (SSSR count). The first-order valence-corrected chi connectivity index (χ1v) is 9.97. The van der Waals surface area contributed by atoms with Crippen molar-refractivity contribution in [3.63, 3.8) is 0 Å². The molecule has 0 unspecified atom stereocenters. The molecule has 6 heteroatoms. The number of pyridine rings is 1. The molecule has 3 heterocycles. The molecule has 0 radical (unpaired) electrons. The van der Waals surface area contributed by atoms with Crippen LogP contribution in [0, 0.1) is 0 Å². The maximum atomic E-state index is 5.85. The summed E-state index contributed by atoms with van der Waals surface area (Å²) >= 11 is 0. The lowest BCUT2D eigenvalue weighted by atomic mass is 10.1. The molecule has 0 saturated heterocycles. The number of benzene rings is 1. The van der Waals surface area contributed by atoms with E-state index in [0.717, 1.165) is 47.8 Å². The van der Waals surface area contributed by atoms with Gasteiger partial charge in [-0.05, 0) is 50.6 Å². The molecule has 6 nitrogen and oxygen atoms in total. The summed E-state index contributed by atoms with van der Waals surface area (Å²) in [6, 6.07) is 12.2. The van der Waals surface area contributed by atoms with Crippen molar-refractivity contribution in [1.29, 1.82) is 0 Å². The number of nitrogens with zero attached hydrogens (tertiary/aromatic N) is 3. The number of aromatic nitrogens is 3. The minimum atomic E-state index is 0.0780. The first-order valence-electron chi connectivity index (χ1n) is 9.97. The van der Waals surface area contributed by atoms with Crippen LogP contribution in [0.2, 0.25) is 0 Å². The summed E-state index contributed by atoms with van der Waals surface area (Å²) in [5.74, 6) is 1.54. The minimum Gasteiger partial charge on any atom is -0.475 e. The molecule has 3 aromatic rings. The Balaban J connectivity index is 1.54. The lowest BCUT2D eigenvalue weighted by Crippen LogP contribution is -2.28. The predicted octanol–water partition coefficient (Wildman–Crippen LogP) is 4.89. The molecule has 0 spiro atoms. The molecule has 1 aliphatic rings. The Morgan fingerprint density at radius 3 is 2.76 bits per heavy atom. The Bertz CT molecular complexity index is 1010. The fraction of sp³-hybridized carbons (Fsp3) is 0.304. The standard InChI is InChI=1S/C23H27N5O/c1-15(2)28-13-11-21-20(14-28)22(27-26-21)25-18-9-7-17(8-10-18)19-6-5-12-24-23(19)29-16(3)4/h5-10,12,16H,1,11,13-14H2,2-4H3,(H2,25,26,27). The zero-order valence-corrected chi connectivity index (χ0v) is 17.2. The average Bonchev–Trinajstić information content (AvgIpc) is 3.11. The smallest absolute Gasteiger partial charge is 0.221 e.